The van der Waals surface area contributed by atoms with E-state index in [0.29, 0.717) is 11.7 Å². The van der Waals surface area contributed by atoms with E-state index in [9.17, 15) is 9.00 Å². The highest BCUT2D eigenvalue weighted by Gasteiger charge is 2.26. The monoisotopic (exact) mass is 443 g/mol. The van der Waals surface area contributed by atoms with Crippen molar-refractivity contribution in [3.05, 3.63) is 78.9 Å². The van der Waals surface area contributed by atoms with Crippen LogP contribution in [0.4, 0.5) is 5.69 Å². The highest BCUT2D eigenvalue weighted by Crippen LogP contribution is 2.37. The van der Waals surface area contributed by atoms with Crippen molar-refractivity contribution in [3.63, 3.8) is 0 Å². The van der Waals surface area contributed by atoms with Crippen molar-refractivity contribution in [1.82, 2.24) is 19.7 Å². The number of rotatable bonds is 6. The van der Waals surface area contributed by atoms with Gasteiger partial charge in [0.1, 0.15) is 12.0 Å². The largest absolute Gasteiger partial charge is 0.321 e. The minimum atomic E-state index is -1.14. The SMILES string of the molecule is CS(=O)c1ccccc1-c1ccnc(C(=O)Nc2cccc(-c3nncn3C3CC3)c2)c1. The Labute approximate surface area is 188 Å². The minimum Gasteiger partial charge on any atom is -0.321 e. The molecule has 7 nitrogen and oxygen atoms in total. The van der Waals surface area contributed by atoms with Gasteiger partial charge in [-0.05, 0) is 54.3 Å². The van der Waals surface area contributed by atoms with E-state index in [0.717, 1.165) is 40.3 Å². The molecular formula is C24H21N5O2S. The summed E-state index contributed by atoms with van der Waals surface area (Å²) in [6.45, 7) is 0. The molecule has 1 aliphatic carbocycles. The van der Waals surface area contributed by atoms with Crippen LogP contribution in [0, 0.1) is 0 Å². The lowest BCUT2D eigenvalue weighted by Gasteiger charge is -2.10. The number of amides is 1. The molecule has 0 bridgehead atoms. The number of benzene rings is 2. The average molecular weight is 444 g/mol. The molecule has 1 atom stereocenters. The van der Waals surface area contributed by atoms with Gasteiger partial charge in [0.25, 0.3) is 5.91 Å². The summed E-state index contributed by atoms with van der Waals surface area (Å²) < 4.78 is 14.2. The molecule has 5 rings (SSSR count). The first-order valence-corrected chi connectivity index (χ1v) is 11.9. The number of carbonyl (C=O) groups is 1. The fourth-order valence-corrected chi connectivity index (χ4v) is 4.44. The lowest BCUT2D eigenvalue weighted by Crippen LogP contribution is -2.13. The van der Waals surface area contributed by atoms with E-state index in [1.54, 1.807) is 24.8 Å². The molecule has 160 valence electrons. The summed E-state index contributed by atoms with van der Waals surface area (Å²) in [6.07, 6.45) is 7.27. The first kappa shape index (κ1) is 20.3. The Morgan fingerprint density at radius 2 is 1.91 bits per heavy atom. The van der Waals surface area contributed by atoms with Crippen molar-refractivity contribution in [2.45, 2.75) is 23.8 Å². The van der Waals surface area contributed by atoms with Crippen LogP contribution in [0.3, 0.4) is 0 Å². The van der Waals surface area contributed by atoms with Gasteiger partial charge >= 0.3 is 0 Å². The predicted octanol–water partition coefficient (Wildman–Crippen LogP) is 4.33. The molecule has 0 radical (unpaired) electrons. The van der Waals surface area contributed by atoms with E-state index < -0.39 is 10.8 Å². The molecule has 0 aliphatic heterocycles. The molecule has 1 N–H and O–H groups in total. The average Bonchev–Trinajstić information content (AvgIpc) is 3.55. The van der Waals surface area contributed by atoms with Crippen LogP contribution in [0.1, 0.15) is 29.4 Å². The number of anilines is 1. The molecule has 32 heavy (non-hydrogen) atoms. The number of nitrogens with zero attached hydrogens (tertiary/aromatic N) is 4. The van der Waals surface area contributed by atoms with Crippen molar-refractivity contribution < 1.29 is 9.00 Å². The van der Waals surface area contributed by atoms with Gasteiger partial charge in [-0.1, -0.05) is 30.3 Å². The van der Waals surface area contributed by atoms with E-state index in [2.05, 4.69) is 25.1 Å². The van der Waals surface area contributed by atoms with Crippen LogP contribution < -0.4 is 5.32 Å². The third-order valence-electron chi connectivity index (χ3n) is 5.39. The number of aromatic nitrogens is 4. The van der Waals surface area contributed by atoms with Gasteiger partial charge in [0, 0.05) is 34.6 Å². The van der Waals surface area contributed by atoms with E-state index in [4.69, 9.17) is 0 Å². The van der Waals surface area contributed by atoms with Crippen LogP contribution >= 0.6 is 0 Å². The van der Waals surface area contributed by atoms with E-state index in [1.165, 1.54) is 0 Å². The van der Waals surface area contributed by atoms with Gasteiger partial charge in [-0.2, -0.15) is 0 Å². The maximum Gasteiger partial charge on any atom is 0.274 e. The van der Waals surface area contributed by atoms with E-state index >= 15 is 0 Å². The first-order chi connectivity index (χ1) is 15.6. The summed E-state index contributed by atoms with van der Waals surface area (Å²) in [4.78, 5) is 17.9. The third-order valence-corrected chi connectivity index (χ3v) is 6.37. The number of hydrogen-bond acceptors (Lipinski definition) is 5. The Morgan fingerprint density at radius 1 is 1.06 bits per heavy atom. The molecule has 2 heterocycles. The van der Waals surface area contributed by atoms with Gasteiger partial charge in [-0.15, -0.1) is 10.2 Å². The molecule has 4 aromatic rings. The van der Waals surface area contributed by atoms with Crippen LogP contribution in [0.2, 0.25) is 0 Å². The third kappa shape index (κ3) is 4.09. The van der Waals surface area contributed by atoms with Crippen LogP contribution in [0.15, 0.2) is 78.1 Å². The standard InChI is InChI=1S/C24H21N5O2S/c1-32(31)22-8-3-2-7-20(22)16-11-12-25-21(14-16)24(30)27-18-6-4-5-17(13-18)23-28-26-15-29(23)19-9-10-19/h2-8,11-15,19H,9-10H2,1H3,(H,27,30). The molecule has 1 amide bonds. The second kappa shape index (κ2) is 8.47. The Hall–Kier alpha value is -3.65. The van der Waals surface area contributed by atoms with Crippen LogP contribution in [-0.4, -0.2) is 36.1 Å². The minimum absolute atomic E-state index is 0.283. The van der Waals surface area contributed by atoms with Crippen LogP contribution in [-0.2, 0) is 10.8 Å². The highest BCUT2D eigenvalue weighted by atomic mass is 32.2. The second-order valence-electron chi connectivity index (χ2n) is 7.71. The molecule has 0 saturated heterocycles. The first-order valence-electron chi connectivity index (χ1n) is 10.3. The topological polar surface area (TPSA) is 89.8 Å². The lowest BCUT2D eigenvalue weighted by atomic mass is 10.1. The van der Waals surface area contributed by atoms with E-state index in [1.807, 2.05) is 54.6 Å². The van der Waals surface area contributed by atoms with Gasteiger partial charge in [-0.25, -0.2) is 0 Å². The second-order valence-corrected chi connectivity index (χ2v) is 9.06. The zero-order chi connectivity index (χ0) is 22.1. The number of pyridine rings is 1. The zero-order valence-corrected chi connectivity index (χ0v) is 18.2. The Bertz CT molecular complexity index is 1330. The van der Waals surface area contributed by atoms with Crippen molar-refractivity contribution >= 4 is 22.4 Å². The molecular weight excluding hydrogens is 422 g/mol. The summed E-state index contributed by atoms with van der Waals surface area (Å²) in [7, 11) is -1.14. The summed E-state index contributed by atoms with van der Waals surface area (Å²) in [6, 6.07) is 19.0. The van der Waals surface area contributed by atoms with Crippen molar-refractivity contribution in [2.24, 2.45) is 0 Å². The van der Waals surface area contributed by atoms with Gasteiger partial charge in [0.05, 0.1) is 10.8 Å². The summed E-state index contributed by atoms with van der Waals surface area (Å²) in [5, 5.41) is 11.2. The van der Waals surface area contributed by atoms with Crippen LogP contribution in [0.25, 0.3) is 22.5 Å². The Balaban J connectivity index is 1.40. The molecule has 1 saturated carbocycles. The molecule has 0 spiro atoms. The predicted molar refractivity (Wildman–Crippen MR) is 124 cm³/mol. The number of hydrogen-bond donors (Lipinski definition) is 1. The number of nitrogens with one attached hydrogen (secondary N) is 1. The zero-order valence-electron chi connectivity index (χ0n) is 17.4. The van der Waals surface area contributed by atoms with E-state index in [-0.39, 0.29) is 11.6 Å². The van der Waals surface area contributed by atoms with Crippen LogP contribution in [0.5, 0.6) is 0 Å². The van der Waals surface area contributed by atoms with Gasteiger partial charge in [0.15, 0.2) is 5.82 Å². The molecule has 1 fully saturated rings. The molecule has 2 aromatic carbocycles. The van der Waals surface area contributed by atoms with Crippen molar-refractivity contribution in [1.29, 1.82) is 0 Å². The van der Waals surface area contributed by atoms with Gasteiger partial charge in [0.2, 0.25) is 0 Å². The molecule has 2 aromatic heterocycles. The highest BCUT2D eigenvalue weighted by molar-refractivity contribution is 7.84. The Morgan fingerprint density at radius 3 is 2.72 bits per heavy atom. The van der Waals surface area contributed by atoms with Gasteiger partial charge in [-0.3, -0.25) is 14.0 Å². The maximum atomic E-state index is 12.9. The molecule has 1 aliphatic rings. The molecule has 1 unspecified atom stereocenters. The lowest BCUT2D eigenvalue weighted by molar-refractivity contribution is 0.102. The number of carbonyl (C=O) groups excluding carboxylic acids is 1. The maximum absolute atomic E-state index is 12.9. The fourth-order valence-electron chi connectivity index (χ4n) is 3.68. The quantitative estimate of drug-likeness (QED) is 0.479. The summed E-state index contributed by atoms with van der Waals surface area (Å²) in [5.74, 6) is 0.482. The Kier molecular flexibility index (Phi) is 5.36. The smallest absolute Gasteiger partial charge is 0.274 e. The normalized spacial score (nSPS) is 14.2. The summed E-state index contributed by atoms with van der Waals surface area (Å²) in [5.41, 5.74) is 3.45. The van der Waals surface area contributed by atoms with Gasteiger partial charge < -0.3 is 9.88 Å². The van der Waals surface area contributed by atoms with Crippen molar-refractivity contribution in [2.75, 3.05) is 11.6 Å². The summed E-state index contributed by atoms with van der Waals surface area (Å²) >= 11 is 0. The molecule has 8 heteroatoms. The van der Waals surface area contributed by atoms with Crippen molar-refractivity contribution in [3.8, 4) is 22.5 Å². The fraction of sp³-hybridized carbons (Fsp3) is 0.167.